The van der Waals surface area contributed by atoms with Crippen LogP contribution in [-0.4, -0.2) is 33.4 Å². The summed E-state index contributed by atoms with van der Waals surface area (Å²) < 4.78 is 0. The van der Waals surface area contributed by atoms with Crippen molar-refractivity contribution in [3.8, 4) is 0 Å². The van der Waals surface area contributed by atoms with Gasteiger partial charge >= 0.3 is 11.9 Å². The van der Waals surface area contributed by atoms with Crippen LogP contribution in [0.25, 0.3) is 0 Å². The molecule has 0 amide bonds. The van der Waals surface area contributed by atoms with E-state index in [1.807, 2.05) is 0 Å². The highest BCUT2D eigenvalue weighted by Crippen LogP contribution is 2.25. The first-order valence-electron chi connectivity index (χ1n) is 3.72. The van der Waals surface area contributed by atoms with E-state index in [-0.39, 0.29) is 12.8 Å². The third-order valence-corrected chi connectivity index (χ3v) is 3.32. The second-order valence-corrected chi connectivity index (χ2v) is 4.65. The van der Waals surface area contributed by atoms with Gasteiger partial charge in [0.05, 0.1) is 0 Å². The van der Waals surface area contributed by atoms with Crippen molar-refractivity contribution in [2.75, 3.05) is 0 Å². The van der Waals surface area contributed by atoms with Crippen LogP contribution in [-0.2, 0) is 9.59 Å². The van der Waals surface area contributed by atoms with Gasteiger partial charge in [-0.3, -0.25) is 14.7 Å². The van der Waals surface area contributed by atoms with Gasteiger partial charge in [0, 0.05) is 0 Å². The van der Waals surface area contributed by atoms with E-state index in [1.54, 1.807) is 0 Å². The minimum absolute atomic E-state index is 0.125. The predicted octanol–water partition coefficient (Wildman–Crippen LogP) is -0.113. The number of aliphatic carboxylic acids is 2. The van der Waals surface area contributed by atoms with E-state index in [4.69, 9.17) is 21.1 Å². The largest absolute Gasteiger partial charge is 0.480 e. The molecule has 0 aromatic rings. The van der Waals surface area contributed by atoms with Crippen molar-refractivity contribution in [3.05, 3.63) is 0 Å². The number of carboxylic acid groups (broad SMARTS) is 2. The molecule has 0 aliphatic carbocycles. The van der Waals surface area contributed by atoms with Crippen LogP contribution in [0.3, 0.4) is 0 Å². The van der Waals surface area contributed by atoms with E-state index < -0.39 is 23.2 Å². The molecule has 0 rings (SSSR count). The SMILES string of the molecule is NSSC(CCC(N)C(=O)O)C(=O)O. The zero-order valence-electron chi connectivity index (χ0n) is 7.25. The molecule has 0 bridgehead atoms. The van der Waals surface area contributed by atoms with Crippen molar-refractivity contribution in [3.63, 3.8) is 0 Å². The number of nitrogens with two attached hydrogens (primary N) is 2. The van der Waals surface area contributed by atoms with Crippen LogP contribution in [0, 0.1) is 0 Å². The average Bonchev–Trinajstić information content (AvgIpc) is 2.10. The zero-order valence-corrected chi connectivity index (χ0v) is 8.88. The molecule has 14 heavy (non-hydrogen) atoms. The summed E-state index contributed by atoms with van der Waals surface area (Å²) in [4.78, 5) is 20.9. The molecule has 6 N–H and O–H groups in total. The van der Waals surface area contributed by atoms with Gasteiger partial charge in [0.25, 0.3) is 0 Å². The van der Waals surface area contributed by atoms with Gasteiger partial charge in [0.15, 0.2) is 0 Å². The Morgan fingerprint density at radius 1 is 1.21 bits per heavy atom. The number of carboxylic acids is 2. The smallest absolute Gasteiger partial charge is 0.320 e. The zero-order chi connectivity index (χ0) is 11.1. The Morgan fingerprint density at radius 2 is 1.79 bits per heavy atom. The normalized spacial score (nSPS) is 14.7. The predicted molar refractivity (Wildman–Crippen MR) is 55.6 cm³/mol. The summed E-state index contributed by atoms with van der Waals surface area (Å²) in [7, 11) is 1.83. The highest BCUT2D eigenvalue weighted by molar-refractivity contribution is 8.76. The summed E-state index contributed by atoms with van der Waals surface area (Å²) in [5.41, 5.74) is 5.22. The molecule has 0 fully saturated rings. The Kier molecular flexibility index (Phi) is 6.71. The number of hydrogen-bond donors (Lipinski definition) is 4. The molecule has 0 aliphatic rings. The maximum Gasteiger partial charge on any atom is 0.320 e. The second-order valence-electron chi connectivity index (χ2n) is 2.54. The van der Waals surface area contributed by atoms with Crippen LogP contribution in [0.5, 0.6) is 0 Å². The van der Waals surface area contributed by atoms with Gasteiger partial charge in [-0.2, -0.15) is 0 Å². The van der Waals surface area contributed by atoms with Crippen molar-refractivity contribution >= 4 is 33.7 Å². The molecule has 0 aliphatic heterocycles. The number of hydrogen-bond acceptors (Lipinski definition) is 6. The lowest BCUT2D eigenvalue weighted by Gasteiger charge is -2.11. The molecule has 8 heteroatoms. The van der Waals surface area contributed by atoms with Gasteiger partial charge in [0.2, 0.25) is 0 Å². The Hall–Kier alpha value is -0.440. The Balaban J connectivity index is 3.93. The standard InChI is InChI=1S/C6H12N2O4S2/c7-3(5(9)10)1-2-4(6(11)12)13-14-8/h3-4H,1-2,7-8H2,(H,9,10)(H,11,12). The van der Waals surface area contributed by atoms with Crippen LogP contribution in [0.1, 0.15) is 12.8 Å². The summed E-state index contributed by atoms with van der Waals surface area (Å²) in [5, 5.41) is 21.5. The summed E-state index contributed by atoms with van der Waals surface area (Å²) in [6.07, 6.45) is 0.317. The van der Waals surface area contributed by atoms with Crippen molar-refractivity contribution < 1.29 is 19.8 Å². The van der Waals surface area contributed by atoms with E-state index >= 15 is 0 Å². The second kappa shape index (κ2) is 6.93. The third kappa shape index (κ3) is 5.32. The molecule has 0 spiro atoms. The molecular weight excluding hydrogens is 228 g/mol. The fraction of sp³-hybridized carbons (Fsp3) is 0.667. The summed E-state index contributed by atoms with van der Waals surface area (Å²) >= 11 is 0. The van der Waals surface area contributed by atoms with E-state index in [0.717, 1.165) is 21.8 Å². The Labute approximate surface area is 88.9 Å². The van der Waals surface area contributed by atoms with Gasteiger partial charge in [-0.25, -0.2) is 0 Å². The van der Waals surface area contributed by atoms with Gasteiger partial charge < -0.3 is 15.9 Å². The average molecular weight is 240 g/mol. The Morgan fingerprint density at radius 3 is 2.14 bits per heavy atom. The quantitative estimate of drug-likeness (QED) is 0.358. The van der Waals surface area contributed by atoms with Crippen LogP contribution in [0.4, 0.5) is 0 Å². The maximum absolute atomic E-state index is 10.6. The van der Waals surface area contributed by atoms with Crippen molar-refractivity contribution in [1.82, 2.24) is 0 Å². The molecule has 2 atom stereocenters. The Bertz CT molecular complexity index is 214. The topological polar surface area (TPSA) is 127 Å². The first-order chi connectivity index (χ1) is 6.49. The molecule has 0 saturated carbocycles. The fourth-order valence-corrected chi connectivity index (χ4v) is 2.12. The molecular formula is C6H12N2O4S2. The highest BCUT2D eigenvalue weighted by Gasteiger charge is 2.21. The lowest BCUT2D eigenvalue weighted by Crippen LogP contribution is -2.31. The lowest BCUT2D eigenvalue weighted by atomic mass is 10.1. The van der Waals surface area contributed by atoms with E-state index in [2.05, 4.69) is 0 Å². The first-order valence-corrected chi connectivity index (χ1v) is 6.00. The molecule has 0 heterocycles. The maximum atomic E-state index is 10.6. The molecule has 2 unspecified atom stereocenters. The highest BCUT2D eigenvalue weighted by atomic mass is 33.1. The van der Waals surface area contributed by atoms with Gasteiger partial charge in [-0.1, -0.05) is 10.8 Å². The molecule has 0 radical (unpaired) electrons. The minimum Gasteiger partial charge on any atom is -0.480 e. The molecule has 82 valence electrons. The third-order valence-electron chi connectivity index (χ3n) is 1.50. The van der Waals surface area contributed by atoms with E-state index in [0.29, 0.717) is 0 Å². The molecule has 0 aromatic heterocycles. The van der Waals surface area contributed by atoms with Crippen LogP contribution in [0.2, 0.25) is 0 Å². The van der Waals surface area contributed by atoms with E-state index in [9.17, 15) is 9.59 Å². The summed E-state index contributed by atoms with van der Waals surface area (Å²) in [5.74, 6) is -2.13. The van der Waals surface area contributed by atoms with E-state index in [1.165, 1.54) is 0 Å². The minimum atomic E-state index is -1.13. The van der Waals surface area contributed by atoms with Crippen LogP contribution in [0.15, 0.2) is 0 Å². The monoisotopic (exact) mass is 240 g/mol. The van der Waals surface area contributed by atoms with Crippen molar-refractivity contribution in [2.24, 2.45) is 10.9 Å². The van der Waals surface area contributed by atoms with Gasteiger partial charge in [-0.15, -0.1) is 0 Å². The first kappa shape index (κ1) is 13.6. The van der Waals surface area contributed by atoms with Gasteiger partial charge in [0.1, 0.15) is 11.3 Å². The lowest BCUT2D eigenvalue weighted by molar-refractivity contribution is -0.140. The molecule has 6 nitrogen and oxygen atoms in total. The number of rotatable bonds is 7. The summed E-state index contributed by atoms with van der Waals surface area (Å²) in [6, 6.07) is -1.01. The van der Waals surface area contributed by atoms with Crippen LogP contribution < -0.4 is 10.9 Å². The van der Waals surface area contributed by atoms with Crippen molar-refractivity contribution in [2.45, 2.75) is 24.1 Å². The van der Waals surface area contributed by atoms with Crippen LogP contribution >= 0.6 is 21.8 Å². The summed E-state index contributed by atoms with van der Waals surface area (Å²) in [6.45, 7) is 0. The van der Waals surface area contributed by atoms with Crippen molar-refractivity contribution in [1.29, 1.82) is 0 Å². The number of carbonyl (C=O) groups is 2. The van der Waals surface area contributed by atoms with Gasteiger partial charge in [-0.05, 0) is 23.8 Å². The molecule has 0 aromatic carbocycles. The fourth-order valence-electron chi connectivity index (χ4n) is 0.734. The molecule has 0 saturated heterocycles.